The number of rotatable bonds is 15. The van der Waals surface area contributed by atoms with Gasteiger partial charge >= 0.3 is 6.09 Å². The topological polar surface area (TPSA) is 120 Å². The summed E-state index contributed by atoms with van der Waals surface area (Å²) < 4.78 is 11.1. The second-order valence-electron chi connectivity index (χ2n) is 9.17. The van der Waals surface area contributed by atoms with E-state index in [0.717, 1.165) is 24.8 Å². The van der Waals surface area contributed by atoms with Crippen LogP contribution in [0.4, 0.5) is 4.79 Å². The maximum Gasteiger partial charge on any atom is 0.407 e. The molecule has 8 heteroatoms. The van der Waals surface area contributed by atoms with Crippen LogP contribution in [0.5, 0.6) is 0 Å². The molecule has 1 heterocycles. The van der Waals surface area contributed by atoms with Crippen LogP contribution in [-0.2, 0) is 16.1 Å². The molecule has 1 aliphatic heterocycles. The van der Waals surface area contributed by atoms with Crippen molar-refractivity contribution in [2.24, 2.45) is 0 Å². The molecule has 5 N–H and O–H groups in total. The molecule has 1 unspecified atom stereocenters. The lowest BCUT2D eigenvalue weighted by Gasteiger charge is -2.43. The van der Waals surface area contributed by atoms with Gasteiger partial charge in [-0.25, -0.2) is 4.79 Å². The van der Waals surface area contributed by atoms with Crippen molar-refractivity contribution in [1.29, 1.82) is 0 Å². The minimum Gasteiger partial charge on any atom is -0.445 e. The van der Waals surface area contributed by atoms with E-state index in [1.54, 1.807) is 0 Å². The summed E-state index contributed by atoms with van der Waals surface area (Å²) >= 11 is 0. The SMILES string of the molecule is CCCCCCCCCC(CC)N[C@@H]1O[C@H](CO)[C@@H](O)[C@H](O)[C@H]1NC(=O)OCc1ccccc1. The molecular weight excluding hydrogens is 436 g/mol. The number of aliphatic hydroxyl groups excluding tert-OH is 3. The third kappa shape index (κ3) is 9.50. The zero-order valence-corrected chi connectivity index (χ0v) is 20.7. The highest BCUT2D eigenvalue weighted by molar-refractivity contribution is 5.67. The van der Waals surface area contributed by atoms with Crippen molar-refractivity contribution in [3.8, 4) is 0 Å². The smallest absolute Gasteiger partial charge is 0.407 e. The summed E-state index contributed by atoms with van der Waals surface area (Å²) in [5.41, 5.74) is 0.842. The number of ether oxygens (including phenoxy) is 2. The average molecular weight is 481 g/mol. The van der Waals surface area contributed by atoms with Gasteiger partial charge in [-0.05, 0) is 18.4 Å². The fourth-order valence-electron chi connectivity index (χ4n) is 4.31. The molecule has 1 aromatic carbocycles. The highest BCUT2D eigenvalue weighted by Gasteiger charge is 2.45. The van der Waals surface area contributed by atoms with Crippen molar-refractivity contribution < 1.29 is 29.6 Å². The second-order valence-corrected chi connectivity index (χ2v) is 9.17. The number of aliphatic hydroxyl groups is 3. The maximum absolute atomic E-state index is 12.4. The molecule has 34 heavy (non-hydrogen) atoms. The first kappa shape index (κ1) is 28.5. The zero-order valence-electron chi connectivity index (χ0n) is 20.7. The Morgan fingerprint density at radius 3 is 2.35 bits per heavy atom. The molecule has 1 aliphatic rings. The van der Waals surface area contributed by atoms with Crippen LogP contribution >= 0.6 is 0 Å². The number of hydrogen-bond acceptors (Lipinski definition) is 7. The number of hydrogen-bond donors (Lipinski definition) is 5. The van der Waals surface area contributed by atoms with Crippen LogP contribution in [-0.4, -0.2) is 64.6 Å². The Balaban J connectivity index is 1.91. The Labute approximate surface area is 204 Å². The van der Waals surface area contributed by atoms with Gasteiger partial charge in [0.15, 0.2) is 0 Å². The van der Waals surface area contributed by atoms with E-state index in [1.165, 1.54) is 38.5 Å². The molecule has 2 rings (SSSR count). The largest absolute Gasteiger partial charge is 0.445 e. The van der Waals surface area contributed by atoms with Gasteiger partial charge in [-0.15, -0.1) is 0 Å². The highest BCUT2D eigenvalue weighted by atomic mass is 16.6. The zero-order chi connectivity index (χ0) is 24.8. The number of amides is 1. The van der Waals surface area contributed by atoms with Gasteiger partial charge in [0.1, 0.15) is 37.2 Å². The summed E-state index contributed by atoms with van der Waals surface area (Å²) in [5.74, 6) is 0. The van der Waals surface area contributed by atoms with Crippen LogP contribution in [0.15, 0.2) is 30.3 Å². The fraction of sp³-hybridized carbons (Fsp3) is 0.731. The predicted molar refractivity (Wildman–Crippen MR) is 131 cm³/mol. The number of alkyl carbamates (subject to hydrolysis) is 1. The van der Waals surface area contributed by atoms with Crippen LogP contribution in [0.25, 0.3) is 0 Å². The minimum atomic E-state index is -1.33. The first-order valence-electron chi connectivity index (χ1n) is 12.9. The van der Waals surface area contributed by atoms with E-state index >= 15 is 0 Å². The van der Waals surface area contributed by atoms with Gasteiger partial charge < -0.3 is 30.1 Å². The van der Waals surface area contributed by atoms with Crippen molar-refractivity contribution in [2.75, 3.05) is 6.61 Å². The number of unbranched alkanes of at least 4 members (excludes halogenated alkanes) is 6. The van der Waals surface area contributed by atoms with E-state index in [4.69, 9.17) is 9.47 Å². The van der Waals surface area contributed by atoms with Crippen LogP contribution in [0.3, 0.4) is 0 Å². The van der Waals surface area contributed by atoms with Crippen LogP contribution in [0, 0.1) is 0 Å². The molecule has 1 saturated heterocycles. The number of benzene rings is 1. The lowest BCUT2D eigenvalue weighted by molar-refractivity contribution is -0.203. The first-order valence-corrected chi connectivity index (χ1v) is 12.9. The molecule has 0 bridgehead atoms. The lowest BCUT2D eigenvalue weighted by atomic mass is 9.95. The fourth-order valence-corrected chi connectivity index (χ4v) is 4.31. The summed E-state index contributed by atoms with van der Waals surface area (Å²) in [7, 11) is 0. The number of carbonyl (C=O) groups is 1. The molecule has 8 nitrogen and oxygen atoms in total. The van der Waals surface area contributed by atoms with Crippen molar-refractivity contribution in [3.05, 3.63) is 35.9 Å². The molecule has 0 saturated carbocycles. The van der Waals surface area contributed by atoms with Gasteiger partial charge in [0.2, 0.25) is 0 Å². The van der Waals surface area contributed by atoms with Crippen LogP contribution in [0.1, 0.15) is 77.2 Å². The van der Waals surface area contributed by atoms with Crippen LogP contribution < -0.4 is 10.6 Å². The quantitative estimate of drug-likeness (QED) is 0.244. The lowest BCUT2D eigenvalue weighted by Crippen LogP contribution is -2.68. The number of nitrogens with one attached hydrogen (secondary N) is 2. The Bertz CT molecular complexity index is 677. The van der Waals surface area contributed by atoms with Gasteiger partial charge in [-0.2, -0.15) is 0 Å². The molecule has 1 amide bonds. The predicted octanol–water partition coefficient (Wildman–Crippen LogP) is 3.23. The van der Waals surface area contributed by atoms with Gasteiger partial charge in [0, 0.05) is 6.04 Å². The van der Waals surface area contributed by atoms with Crippen molar-refractivity contribution >= 4 is 6.09 Å². The normalized spacial score (nSPS) is 25.6. The molecule has 0 aliphatic carbocycles. The Morgan fingerprint density at radius 1 is 1.03 bits per heavy atom. The van der Waals surface area contributed by atoms with E-state index in [0.29, 0.717) is 0 Å². The molecular formula is C26H44N2O6. The summed E-state index contributed by atoms with van der Waals surface area (Å²) in [5, 5.41) is 36.7. The minimum absolute atomic E-state index is 0.0894. The summed E-state index contributed by atoms with van der Waals surface area (Å²) in [6, 6.07) is 8.48. The van der Waals surface area contributed by atoms with E-state index < -0.39 is 43.3 Å². The van der Waals surface area contributed by atoms with Gasteiger partial charge in [-0.1, -0.05) is 89.1 Å². The van der Waals surface area contributed by atoms with Gasteiger partial charge in [0.25, 0.3) is 0 Å². The van der Waals surface area contributed by atoms with E-state index in [-0.39, 0.29) is 12.6 Å². The third-order valence-electron chi connectivity index (χ3n) is 6.47. The van der Waals surface area contributed by atoms with E-state index in [2.05, 4.69) is 24.5 Å². The molecule has 1 fully saturated rings. The monoisotopic (exact) mass is 480 g/mol. The third-order valence-corrected chi connectivity index (χ3v) is 6.47. The highest BCUT2D eigenvalue weighted by Crippen LogP contribution is 2.22. The van der Waals surface area contributed by atoms with Crippen molar-refractivity contribution in [1.82, 2.24) is 10.6 Å². The summed E-state index contributed by atoms with van der Waals surface area (Å²) in [6.07, 6.45) is 5.29. The van der Waals surface area contributed by atoms with Gasteiger partial charge in [0.05, 0.1) is 6.61 Å². The number of carbonyl (C=O) groups excluding carboxylic acids is 1. The summed E-state index contributed by atoms with van der Waals surface area (Å²) in [4.78, 5) is 12.4. The van der Waals surface area contributed by atoms with Crippen LogP contribution in [0.2, 0.25) is 0 Å². The summed E-state index contributed by atoms with van der Waals surface area (Å²) in [6.45, 7) is 3.95. The molecule has 0 radical (unpaired) electrons. The Hall–Kier alpha value is -1.71. The molecule has 6 atom stereocenters. The second kappa shape index (κ2) is 16.1. The van der Waals surface area contributed by atoms with E-state index in [1.807, 2.05) is 30.3 Å². The van der Waals surface area contributed by atoms with E-state index in [9.17, 15) is 20.1 Å². The van der Waals surface area contributed by atoms with Crippen molar-refractivity contribution in [2.45, 2.75) is 115 Å². The van der Waals surface area contributed by atoms with Crippen molar-refractivity contribution in [3.63, 3.8) is 0 Å². The molecule has 194 valence electrons. The molecule has 1 aromatic rings. The molecule has 0 spiro atoms. The first-order chi connectivity index (χ1) is 16.5. The maximum atomic E-state index is 12.4. The average Bonchev–Trinajstić information content (AvgIpc) is 2.86. The Morgan fingerprint density at radius 2 is 1.71 bits per heavy atom. The van der Waals surface area contributed by atoms with Gasteiger partial charge in [-0.3, -0.25) is 5.32 Å². The molecule has 0 aromatic heterocycles. The Kier molecular flexibility index (Phi) is 13.5. The standard InChI is InChI=1S/C26H44N2O6/c1-3-5-6-7-8-9-13-16-20(4-2)27-25-22(24(31)23(30)21(17-29)34-25)28-26(32)33-18-19-14-11-10-12-15-19/h10-12,14-15,20-25,27,29-31H,3-9,13,16-18H2,1-2H3,(H,28,32)/t20?,21-,22-,23-,24-,25-/m1/s1.